The smallest absolute Gasteiger partial charge is 0.306 e. The van der Waals surface area contributed by atoms with Crippen LogP contribution < -0.4 is 0 Å². The highest BCUT2D eigenvalue weighted by Crippen LogP contribution is 2.19. The van der Waals surface area contributed by atoms with Gasteiger partial charge in [0.2, 0.25) is 0 Å². The summed E-state index contributed by atoms with van der Waals surface area (Å²) in [7, 11) is 0. The van der Waals surface area contributed by atoms with Gasteiger partial charge in [0.05, 0.1) is 6.61 Å². The molecule has 5 heteroatoms. The fourth-order valence-corrected chi connectivity index (χ4v) is 11.5. The van der Waals surface area contributed by atoms with E-state index in [1.165, 1.54) is 276 Å². The first-order valence-corrected chi connectivity index (χ1v) is 38.3. The second kappa shape index (κ2) is 77.1. The van der Waals surface area contributed by atoms with E-state index in [0.29, 0.717) is 12.8 Å². The largest absolute Gasteiger partial charge is 0.462 e. The lowest BCUT2D eigenvalue weighted by Gasteiger charge is -2.15. The van der Waals surface area contributed by atoms with E-state index in [4.69, 9.17) is 9.47 Å². The van der Waals surface area contributed by atoms with Crippen molar-refractivity contribution >= 4 is 11.9 Å². The van der Waals surface area contributed by atoms with Crippen molar-refractivity contribution in [2.75, 3.05) is 13.2 Å². The van der Waals surface area contributed by atoms with E-state index in [1.807, 2.05) is 0 Å². The molecule has 87 heavy (non-hydrogen) atoms. The number of carbonyl (C=O) groups excluding carboxylic acids is 2. The van der Waals surface area contributed by atoms with E-state index in [9.17, 15) is 14.7 Å². The molecule has 0 amide bonds. The van der Waals surface area contributed by atoms with E-state index in [2.05, 4.69) is 111 Å². The van der Waals surface area contributed by atoms with Gasteiger partial charge < -0.3 is 14.6 Å². The van der Waals surface area contributed by atoms with Crippen LogP contribution >= 0.6 is 0 Å². The van der Waals surface area contributed by atoms with Crippen LogP contribution in [-0.2, 0) is 19.1 Å². The van der Waals surface area contributed by atoms with Crippen molar-refractivity contribution in [3.63, 3.8) is 0 Å². The fourth-order valence-electron chi connectivity index (χ4n) is 11.5. The fraction of sp³-hybridized carbons (Fsp3) is 0.780. The molecule has 0 aliphatic carbocycles. The number of aliphatic hydroxyl groups excluding tert-OH is 1. The molecule has 0 fully saturated rings. The molecule has 1 unspecified atom stereocenters. The van der Waals surface area contributed by atoms with Gasteiger partial charge in [0.25, 0.3) is 0 Å². The molecule has 1 N–H and O–H groups in total. The highest BCUT2D eigenvalue weighted by molar-refractivity contribution is 5.70. The van der Waals surface area contributed by atoms with E-state index >= 15 is 0 Å². The van der Waals surface area contributed by atoms with Crippen molar-refractivity contribution in [3.8, 4) is 0 Å². The second-order valence-corrected chi connectivity index (χ2v) is 25.7. The van der Waals surface area contributed by atoms with Gasteiger partial charge in [-0.15, -0.1) is 0 Å². The van der Waals surface area contributed by atoms with Crippen molar-refractivity contribution in [2.45, 2.75) is 399 Å². The summed E-state index contributed by atoms with van der Waals surface area (Å²) in [6, 6.07) is 0. The summed E-state index contributed by atoms with van der Waals surface area (Å²) < 4.78 is 10.8. The highest BCUT2D eigenvalue weighted by Gasteiger charge is 2.16. The van der Waals surface area contributed by atoms with Crippen molar-refractivity contribution in [3.05, 3.63) is 97.2 Å². The molecule has 1 atom stereocenters. The number of unbranched alkanes of at least 4 members (excludes halogenated alkanes) is 47. The third kappa shape index (κ3) is 75.2. The Morgan fingerprint density at radius 1 is 0.276 bits per heavy atom. The molecule has 0 aromatic rings. The maximum Gasteiger partial charge on any atom is 0.306 e. The van der Waals surface area contributed by atoms with Gasteiger partial charge in [-0.25, -0.2) is 0 Å². The first-order valence-electron chi connectivity index (χ1n) is 38.3. The molecule has 0 aromatic heterocycles. The first-order chi connectivity index (χ1) is 43.1. The average molecular weight is 1210 g/mol. The SMILES string of the molecule is CC/C=C\C/C=C\C/C=C\C/C=C\C/C=C\C/C=C\C/C=C\C/C=C\CCCCCCCCCCCCCCCCC(=O)OC(CO)COC(=O)CCCCCCCCCCCCCCCCCCCCCCCCCCCCCCCCCCCC. The standard InChI is InChI=1S/C82H146O5/c1-3-5-7-9-11-13-15-17-19-21-23-25-27-29-31-33-35-37-39-40-41-42-43-45-47-49-51-53-55-57-59-61-63-65-67-69-71-73-75-77-82(85)87-80(78-83)79-86-81(84)76-74-72-70-68-66-64-62-60-58-56-54-52-50-48-46-44-38-36-34-32-30-28-26-24-22-20-18-16-14-12-10-8-6-4-2/h5,7,11,13,17,19,23,25,29,31,35,37,40-41,43,45,80,83H,3-4,6,8-10,12,14-16,18,20-22,24,26-28,30,32-34,36,38-39,42,44,46-79H2,1-2H3/b7-5-,13-11-,19-17-,25-23-,31-29-,37-35-,41-40-,45-43-. The minimum atomic E-state index is -0.776. The lowest BCUT2D eigenvalue weighted by atomic mass is 10.0. The number of esters is 2. The summed E-state index contributed by atoms with van der Waals surface area (Å²) in [5.41, 5.74) is 0. The van der Waals surface area contributed by atoms with Crippen LogP contribution in [0.3, 0.4) is 0 Å². The van der Waals surface area contributed by atoms with Gasteiger partial charge in [0, 0.05) is 12.8 Å². The molecule has 5 nitrogen and oxygen atoms in total. The zero-order chi connectivity index (χ0) is 62.6. The molecule has 0 spiro atoms. The number of carbonyl (C=O) groups is 2. The van der Waals surface area contributed by atoms with Gasteiger partial charge in [-0.2, -0.15) is 0 Å². The number of ether oxygens (including phenoxy) is 2. The predicted molar refractivity (Wildman–Crippen MR) is 385 cm³/mol. The number of aliphatic hydroxyl groups is 1. The molecule has 0 radical (unpaired) electrons. The molecule has 0 bridgehead atoms. The molecule has 0 rings (SSSR count). The highest BCUT2D eigenvalue weighted by atomic mass is 16.6. The van der Waals surface area contributed by atoms with Gasteiger partial charge >= 0.3 is 11.9 Å². The minimum absolute atomic E-state index is 0.0641. The quantitative estimate of drug-likeness (QED) is 0.0373. The van der Waals surface area contributed by atoms with Gasteiger partial charge in [-0.3, -0.25) is 9.59 Å². The summed E-state index contributed by atoms with van der Waals surface area (Å²) in [5.74, 6) is -0.574. The summed E-state index contributed by atoms with van der Waals surface area (Å²) in [5, 5.41) is 9.72. The Labute approximate surface area is 542 Å². The lowest BCUT2D eigenvalue weighted by molar-refractivity contribution is -0.161. The van der Waals surface area contributed by atoms with Crippen LogP contribution in [0.25, 0.3) is 0 Å². The zero-order valence-corrected chi connectivity index (χ0v) is 58.0. The molecular formula is C82H146O5. The minimum Gasteiger partial charge on any atom is -0.462 e. The monoisotopic (exact) mass is 1210 g/mol. The van der Waals surface area contributed by atoms with Crippen LogP contribution in [0.4, 0.5) is 0 Å². The second-order valence-electron chi connectivity index (χ2n) is 25.7. The van der Waals surface area contributed by atoms with Crippen molar-refractivity contribution in [1.29, 1.82) is 0 Å². The lowest BCUT2D eigenvalue weighted by Crippen LogP contribution is -2.28. The molecular weight excluding hydrogens is 1060 g/mol. The Morgan fingerprint density at radius 3 is 0.747 bits per heavy atom. The Kier molecular flexibility index (Phi) is 74.2. The summed E-state index contributed by atoms with van der Waals surface area (Å²) >= 11 is 0. The number of hydrogen-bond acceptors (Lipinski definition) is 5. The van der Waals surface area contributed by atoms with Gasteiger partial charge in [0.15, 0.2) is 6.10 Å². The number of rotatable bonds is 71. The molecule has 0 aliphatic heterocycles. The third-order valence-corrected chi connectivity index (χ3v) is 17.1. The zero-order valence-electron chi connectivity index (χ0n) is 58.0. The Morgan fingerprint density at radius 2 is 0.494 bits per heavy atom. The van der Waals surface area contributed by atoms with Gasteiger partial charge in [-0.1, -0.05) is 400 Å². The van der Waals surface area contributed by atoms with E-state index in [-0.39, 0.29) is 25.2 Å². The van der Waals surface area contributed by atoms with Crippen LogP contribution in [0.2, 0.25) is 0 Å². The maximum atomic E-state index is 12.4. The summed E-state index contributed by atoms with van der Waals surface area (Å²) in [6.45, 7) is 4.08. The van der Waals surface area contributed by atoms with Crippen molar-refractivity contribution in [1.82, 2.24) is 0 Å². The van der Waals surface area contributed by atoms with Crippen molar-refractivity contribution in [2.24, 2.45) is 0 Å². The predicted octanol–water partition coefficient (Wildman–Crippen LogP) is 26.9. The maximum absolute atomic E-state index is 12.4. The third-order valence-electron chi connectivity index (χ3n) is 17.1. The van der Waals surface area contributed by atoms with Gasteiger partial charge in [-0.05, 0) is 77.0 Å². The first kappa shape index (κ1) is 83.8. The van der Waals surface area contributed by atoms with Crippen LogP contribution in [0.1, 0.15) is 393 Å². The number of allylic oxidation sites excluding steroid dienone is 16. The Bertz CT molecular complexity index is 1610. The van der Waals surface area contributed by atoms with Gasteiger partial charge in [0.1, 0.15) is 6.61 Å². The summed E-state index contributed by atoms with van der Waals surface area (Å²) in [4.78, 5) is 24.7. The van der Waals surface area contributed by atoms with Crippen LogP contribution in [-0.4, -0.2) is 36.4 Å². The average Bonchev–Trinajstić information content (AvgIpc) is 3.52. The molecule has 0 aliphatic rings. The van der Waals surface area contributed by atoms with E-state index in [0.717, 1.165) is 89.9 Å². The molecule has 0 heterocycles. The topological polar surface area (TPSA) is 72.8 Å². The summed E-state index contributed by atoms with van der Waals surface area (Å²) in [6.07, 6.45) is 110. The molecule has 0 aromatic carbocycles. The number of hydrogen-bond donors (Lipinski definition) is 1. The van der Waals surface area contributed by atoms with Crippen LogP contribution in [0.5, 0.6) is 0 Å². The Hall–Kier alpha value is -3.18. The van der Waals surface area contributed by atoms with Crippen LogP contribution in [0.15, 0.2) is 97.2 Å². The Balaban J connectivity index is 3.44. The van der Waals surface area contributed by atoms with Crippen LogP contribution in [0, 0.1) is 0 Å². The van der Waals surface area contributed by atoms with E-state index in [1.54, 1.807) is 0 Å². The molecule has 0 saturated heterocycles. The normalized spacial score (nSPS) is 12.7. The van der Waals surface area contributed by atoms with Crippen molar-refractivity contribution < 1.29 is 24.2 Å². The molecule has 0 saturated carbocycles. The molecule has 504 valence electrons. The van der Waals surface area contributed by atoms with E-state index < -0.39 is 6.10 Å².